The fourth-order valence-corrected chi connectivity index (χ4v) is 6.30. The SMILES string of the molecule is COCOc1ccc2c(c1)[C@@]1(C)CC3C(C(=O)OC)[C@H](C)C1C(C2)N3C. The van der Waals surface area contributed by atoms with E-state index in [1.54, 1.807) is 7.11 Å². The first-order valence-corrected chi connectivity index (χ1v) is 9.47. The second-order valence-electron chi connectivity index (χ2n) is 8.43. The van der Waals surface area contributed by atoms with Gasteiger partial charge in [0.2, 0.25) is 0 Å². The first-order valence-electron chi connectivity index (χ1n) is 9.47. The Bertz CT molecular complexity index is 720. The molecule has 4 aliphatic rings. The van der Waals surface area contributed by atoms with Gasteiger partial charge < -0.3 is 14.2 Å². The summed E-state index contributed by atoms with van der Waals surface area (Å²) in [6, 6.07) is 7.16. The molecule has 5 rings (SSSR count). The number of nitrogens with zero attached hydrogens (tertiary/aromatic N) is 1. The molecule has 0 aromatic heterocycles. The maximum atomic E-state index is 12.5. The fraction of sp³-hybridized carbons (Fsp3) is 0.667. The van der Waals surface area contributed by atoms with Crippen molar-refractivity contribution in [2.24, 2.45) is 17.8 Å². The van der Waals surface area contributed by atoms with E-state index in [-0.39, 0.29) is 30.1 Å². The zero-order valence-electron chi connectivity index (χ0n) is 16.3. The third kappa shape index (κ3) is 2.33. The van der Waals surface area contributed by atoms with Crippen LogP contribution < -0.4 is 4.74 Å². The van der Waals surface area contributed by atoms with E-state index < -0.39 is 0 Å². The van der Waals surface area contributed by atoms with Crippen LogP contribution in [0.2, 0.25) is 0 Å². The third-order valence-corrected chi connectivity index (χ3v) is 7.32. The number of esters is 1. The molecule has 4 bridgehead atoms. The van der Waals surface area contributed by atoms with Crippen LogP contribution in [0.15, 0.2) is 18.2 Å². The second kappa shape index (κ2) is 6.24. The van der Waals surface area contributed by atoms with Gasteiger partial charge >= 0.3 is 5.97 Å². The number of benzene rings is 1. The Balaban J connectivity index is 1.76. The minimum atomic E-state index is -0.0576. The van der Waals surface area contributed by atoms with Crippen LogP contribution in [-0.2, 0) is 26.1 Å². The van der Waals surface area contributed by atoms with Crippen LogP contribution in [0, 0.1) is 17.8 Å². The van der Waals surface area contributed by atoms with Gasteiger partial charge in [0.1, 0.15) is 5.75 Å². The summed E-state index contributed by atoms with van der Waals surface area (Å²) < 4.78 is 15.9. The second-order valence-corrected chi connectivity index (χ2v) is 8.43. The summed E-state index contributed by atoms with van der Waals surface area (Å²) >= 11 is 0. The van der Waals surface area contributed by atoms with Crippen molar-refractivity contribution < 1.29 is 19.0 Å². The van der Waals surface area contributed by atoms with Crippen LogP contribution in [0.1, 0.15) is 31.4 Å². The van der Waals surface area contributed by atoms with Gasteiger partial charge in [0.05, 0.1) is 13.0 Å². The minimum Gasteiger partial charge on any atom is -0.469 e. The van der Waals surface area contributed by atoms with Gasteiger partial charge in [-0.25, -0.2) is 0 Å². The first kappa shape index (κ1) is 17.8. The molecule has 2 saturated heterocycles. The van der Waals surface area contributed by atoms with Gasteiger partial charge in [0.15, 0.2) is 6.79 Å². The lowest BCUT2D eigenvalue weighted by molar-refractivity contribution is -0.172. The van der Waals surface area contributed by atoms with Gasteiger partial charge in [-0.2, -0.15) is 0 Å². The Kier molecular flexibility index (Phi) is 4.27. The molecule has 0 radical (unpaired) electrons. The largest absolute Gasteiger partial charge is 0.469 e. The smallest absolute Gasteiger partial charge is 0.310 e. The number of likely N-dealkylation sites (N-methyl/N-ethyl adjacent to an activating group) is 1. The van der Waals surface area contributed by atoms with E-state index in [9.17, 15) is 4.79 Å². The molecule has 2 heterocycles. The molecule has 1 saturated carbocycles. The van der Waals surface area contributed by atoms with Crippen molar-refractivity contribution in [3.05, 3.63) is 29.3 Å². The molecule has 1 aromatic carbocycles. The quantitative estimate of drug-likeness (QED) is 0.611. The van der Waals surface area contributed by atoms with Crippen molar-refractivity contribution in [2.75, 3.05) is 28.1 Å². The number of ether oxygens (including phenoxy) is 3. The zero-order valence-corrected chi connectivity index (χ0v) is 16.3. The normalized spacial score (nSPS) is 38.0. The minimum absolute atomic E-state index is 0.0335. The topological polar surface area (TPSA) is 48.0 Å². The molecule has 4 unspecified atom stereocenters. The number of carbonyl (C=O) groups is 1. The highest BCUT2D eigenvalue weighted by Gasteiger charge is 2.63. The van der Waals surface area contributed by atoms with Gasteiger partial charge in [-0.15, -0.1) is 0 Å². The standard InChI is InChI=1S/C21H29NO4/c1-12-18(20(23)25-5)17-10-21(2)15-9-14(26-11-24-4)7-6-13(15)8-16(19(12)21)22(17)3/h6-7,9,12,16-19H,8,10-11H2,1-5H3/t12-,16?,17?,18?,19?,21+/m0/s1. The zero-order chi connectivity index (χ0) is 18.6. The van der Waals surface area contributed by atoms with Crippen LogP contribution in [0.4, 0.5) is 0 Å². The summed E-state index contributed by atoms with van der Waals surface area (Å²) in [4.78, 5) is 14.9. The average molecular weight is 359 g/mol. The summed E-state index contributed by atoms with van der Waals surface area (Å²) in [5, 5.41) is 0. The van der Waals surface area contributed by atoms with Gasteiger partial charge in [-0.3, -0.25) is 9.69 Å². The van der Waals surface area contributed by atoms with Crippen LogP contribution >= 0.6 is 0 Å². The molecule has 3 fully saturated rings. The Morgan fingerprint density at radius 1 is 1.31 bits per heavy atom. The maximum Gasteiger partial charge on any atom is 0.310 e. The van der Waals surface area contributed by atoms with Crippen LogP contribution in [0.3, 0.4) is 0 Å². The molecular formula is C21H29NO4. The molecule has 26 heavy (non-hydrogen) atoms. The van der Waals surface area contributed by atoms with E-state index in [0.29, 0.717) is 17.9 Å². The molecule has 0 amide bonds. The molecular weight excluding hydrogens is 330 g/mol. The van der Waals surface area contributed by atoms with Crippen molar-refractivity contribution >= 4 is 5.97 Å². The average Bonchev–Trinajstić information content (AvgIpc) is 2.63. The summed E-state index contributed by atoms with van der Waals surface area (Å²) in [6.45, 7) is 4.88. The van der Waals surface area contributed by atoms with E-state index >= 15 is 0 Å². The molecule has 2 aliphatic carbocycles. The molecule has 1 aromatic rings. The monoisotopic (exact) mass is 359 g/mol. The van der Waals surface area contributed by atoms with E-state index in [1.165, 1.54) is 18.2 Å². The molecule has 5 nitrogen and oxygen atoms in total. The Morgan fingerprint density at radius 3 is 2.77 bits per heavy atom. The van der Waals surface area contributed by atoms with Crippen molar-refractivity contribution in [3.63, 3.8) is 0 Å². The highest BCUT2D eigenvalue weighted by Crippen LogP contribution is 2.60. The lowest BCUT2D eigenvalue weighted by atomic mass is 9.46. The number of methoxy groups -OCH3 is 2. The number of fused-ring (bicyclic) bond motifs is 2. The number of carbonyl (C=O) groups excluding carboxylic acids is 1. The van der Waals surface area contributed by atoms with Crippen LogP contribution in [0.5, 0.6) is 5.75 Å². The first-order chi connectivity index (χ1) is 12.4. The molecule has 5 heteroatoms. The van der Waals surface area contributed by atoms with Gasteiger partial charge in [0, 0.05) is 19.2 Å². The molecule has 142 valence electrons. The van der Waals surface area contributed by atoms with E-state index in [0.717, 1.165) is 18.6 Å². The highest BCUT2D eigenvalue weighted by molar-refractivity contribution is 5.74. The number of hydrogen-bond donors (Lipinski definition) is 0. The van der Waals surface area contributed by atoms with Crippen molar-refractivity contribution in [1.82, 2.24) is 4.90 Å². The van der Waals surface area contributed by atoms with Gasteiger partial charge in [-0.05, 0) is 60.4 Å². The summed E-state index contributed by atoms with van der Waals surface area (Å²) in [5.74, 6) is 1.51. The lowest BCUT2D eigenvalue weighted by Crippen LogP contribution is -2.71. The highest BCUT2D eigenvalue weighted by atomic mass is 16.7. The molecule has 6 atom stereocenters. The summed E-state index contributed by atoms with van der Waals surface area (Å²) in [6.07, 6.45) is 2.01. The van der Waals surface area contributed by atoms with E-state index in [2.05, 4.69) is 37.9 Å². The predicted octanol–water partition coefficient (Wildman–Crippen LogP) is 2.61. The molecule has 0 N–H and O–H groups in total. The van der Waals surface area contributed by atoms with Crippen molar-refractivity contribution in [1.29, 1.82) is 0 Å². The number of piperidine rings is 2. The van der Waals surface area contributed by atoms with Crippen molar-refractivity contribution in [3.8, 4) is 5.75 Å². The number of rotatable bonds is 4. The lowest BCUT2D eigenvalue weighted by Gasteiger charge is -2.66. The van der Waals surface area contributed by atoms with Gasteiger partial charge in [-0.1, -0.05) is 19.9 Å². The van der Waals surface area contributed by atoms with Crippen molar-refractivity contribution in [2.45, 2.75) is 44.2 Å². The Morgan fingerprint density at radius 2 is 2.08 bits per heavy atom. The number of hydrogen-bond acceptors (Lipinski definition) is 5. The third-order valence-electron chi connectivity index (χ3n) is 7.32. The molecule has 0 spiro atoms. The Hall–Kier alpha value is -1.59. The predicted molar refractivity (Wildman–Crippen MR) is 98.1 cm³/mol. The maximum absolute atomic E-state index is 12.5. The van der Waals surface area contributed by atoms with Crippen LogP contribution in [0.25, 0.3) is 0 Å². The van der Waals surface area contributed by atoms with Gasteiger partial charge in [0.25, 0.3) is 0 Å². The fourth-order valence-electron chi connectivity index (χ4n) is 6.30. The van der Waals surface area contributed by atoms with Crippen LogP contribution in [-0.4, -0.2) is 51.0 Å². The summed E-state index contributed by atoms with van der Waals surface area (Å²) in [5.41, 5.74) is 2.86. The Labute approximate surface area is 155 Å². The molecule has 2 aliphatic heterocycles. The van der Waals surface area contributed by atoms with E-state index in [4.69, 9.17) is 14.2 Å². The van der Waals surface area contributed by atoms with E-state index in [1.807, 2.05) is 6.07 Å². The summed E-state index contributed by atoms with van der Waals surface area (Å²) in [7, 11) is 5.33.